The van der Waals surface area contributed by atoms with Crippen molar-refractivity contribution in [1.82, 2.24) is 10.2 Å². The molecule has 1 saturated heterocycles. The third-order valence-electron chi connectivity index (χ3n) is 2.62. The van der Waals surface area contributed by atoms with Gasteiger partial charge in [-0.25, -0.2) is 0 Å². The highest BCUT2D eigenvalue weighted by molar-refractivity contribution is 4.80. The second-order valence-electron chi connectivity index (χ2n) is 3.60. The molecule has 1 rings (SSSR count). The Balaban J connectivity index is 2.18. The molecule has 0 saturated carbocycles. The Labute approximate surface area is 74.8 Å². The molecule has 0 aliphatic carbocycles. The van der Waals surface area contributed by atoms with Crippen LogP contribution in [0, 0.1) is 0 Å². The summed E-state index contributed by atoms with van der Waals surface area (Å²) in [5.41, 5.74) is 0. The van der Waals surface area contributed by atoms with Crippen molar-refractivity contribution in [3.63, 3.8) is 0 Å². The Kier molecular flexibility index (Phi) is 3.98. The normalized spacial score (nSPS) is 27.8. The van der Waals surface area contributed by atoms with E-state index in [1.807, 2.05) is 14.0 Å². The smallest absolute Gasteiger partial charge is 0.0664 e. The summed E-state index contributed by atoms with van der Waals surface area (Å²) in [6.45, 7) is 5.08. The summed E-state index contributed by atoms with van der Waals surface area (Å²) in [5, 5.41) is 12.7. The molecule has 0 aromatic carbocycles. The number of hydrogen-bond donors (Lipinski definition) is 2. The van der Waals surface area contributed by atoms with Crippen molar-refractivity contribution in [3.05, 3.63) is 0 Å². The van der Waals surface area contributed by atoms with Crippen LogP contribution in [0.4, 0.5) is 0 Å². The highest BCUT2D eigenvalue weighted by atomic mass is 16.3. The number of rotatable bonds is 4. The second-order valence-corrected chi connectivity index (χ2v) is 3.60. The SMILES string of the molecule is CCC(O)CN1CCC(NC)C1. The van der Waals surface area contributed by atoms with E-state index in [1.54, 1.807) is 0 Å². The third-order valence-corrected chi connectivity index (χ3v) is 2.62. The van der Waals surface area contributed by atoms with Gasteiger partial charge in [-0.05, 0) is 26.4 Å². The lowest BCUT2D eigenvalue weighted by Gasteiger charge is -2.18. The van der Waals surface area contributed by atoms with Gasteiger partial charge in [-0.2, -0.15) is 0 Å². The van der Waals surface area contributed by atoms with Crippen LogP contribution < -0.4 is 5.32 Å². The predicted molar refractivity (Wildman–Crippen MR) is 50.2 cm³/mol. The summed E-state index contributed by atoms with van der Waals surface area (Å²) in [6.07, 6.45) is 1.94. The molecule has 0 aromatic rings. The van der Waals surface area contributed by atoms with Crippen LogP contribution in [0.25, 0.3) is 0 Å². The van der Waals surface area contributed by atoms with Gasteiger partial charge in [0.15, 0.2) is 0 Å². The molecule has 0 radical (unpaired) electrons. The van der Waals surface area contributed by atoms with E-state index in [-0.39, 0.29) is 6.10 Å². The third kappa shape index (κ3) is 2.73. The van der Waals surface area contributed by atoms with Crippen LogP contribution in [-0.2, 0) is 0 Å². The summed E-state index contributed by atoms with van der Waals surface area (Å²) >= 11 is 0. The minimum Gasteiger partial charge on any atom is -0.392 e. The van der Waals surface area contributed by atoms with E-state index in [4.69, 9.17) is 0 Å². The highest BCUT2D eigenvalue weighted by Crippen LogP contribution is 2.09. The molecule has 1 aliphatic rings. The van der Waals surface area contributed by atoms with Crippen molar-refractivity contribution in [2.75, 3.05) is 26.7 Å². The summed E-state index contributed by atoms with van der Waals surface area (Å²) in [6, 6.07) is 0.633. The zero-order chi connectivity index (χ0) is 8.97. The summed E-state index contributed by atoms with van der Waals surface area (Å²) in [4.78, 5) is 2.33. The van der Waals surface area contributed by atoms with E-state index in [2.05, 4.69) is 10.2 Å². The van der Waals surface area contributed by atoms with Crippen molar-refractivity contribution in [2.45, 2.75) is 31.9 Å². The lowest BCUT2D eigenvalue weighted by Crippen LogP contribution is -2.34. The van der Waals surface area contributed by atoms with Gasteiger partial charge in [0.1, 0.15) is 0 Å². The fourth-order valence-electron chi connectivity index (χ4n) is 1.66. The van der Waals surface area contributed by atoms with Crippen LogP contribution >= 0.6 is 0 Å². The van der Waals surface area contributed by atoms with Gasteiger partial charge in [0, 0.05) is 19.1 Å². The number of hydrogen-bond acceptors (Lipinski definition) is 3. The number of aliphatic hydroxyl groups excluding tert-OH is 1. The molecular formula is C9H20N2O. The molecule has 72 valence electrons. The fraction of sp³-hybridized carbons (Fsp3) is 1.00. The van der Waals surface area contributed by atoms with Gasteiger partial charge in [-0.15, -0.1) is 0 Å². The fourth-order valence-corrected chi connectivity index (χ4v) is 1.66. The molecule has 3 nitrogen and oxygen atoms in total. The topological polar surface area (TPSA) is 35.5 Å². The predicted octanol–water partition coefficient (Wildman–Crippen LogP) is 0.0510. The first-order valence-electron chi connectivity index (χ1n) is 4.84. The number of likely N-dealkylation sites (N-methyl/N-ethyl adjacent to an activating group) is 1. The van der Waals surface area contributed by atoms with E-state index >= 15 is 0 Å². The zero-order valence-electron chi connectivity index (χ0n) is 8.08. The first-order valence-corrected chi connectivity index (χ1v) is 4.84. The van der Waals surface area contributed by atoms with Gasteiger partial charge < -0.3 is 10.4 Å². The molecule has 0 spiro atoms. The Morgan fingerprint density at radius 1 is 1.67 bits per heavy atom. The molecule has 1 heterocycles. The summed E-state index contributed by atoms with van der Waals surface area (Å²) in [7, 11) is 2.00. The number of nitrogens with zero attached hydrogens (tertiary/aromatic N) is 1. The highest BCUT2D eigenvalue weighted by Gasteiger charge is 2.21. The van der Waals surface area contributed by atoms with Gasteiger partial charge in [0.25, 0.3) is 0 Å². The quantitative estimate of drug-likeness (QED) is 0.629. The van der Waals surface area contributed by atoms with Gasteiger partial charge in [0.05, 0.1) is 6.10 Å². The molecular weight excluding hydrogens is 152 g/mol. The number of aliphatic hydroxyl groups is 1. The first kappa shape index (κ1) is 9.96. The van der Waals surface area contributed by atoms with Crippen molar-refractivity contribution in [3.8, 4) is 0 Å². The molecule has 2 N–H and O–H groups in total. The van der Waals surface area contributed by atoms with Crippen LogP contribution in [0.1, 0.15) is 19.8 Å². The summed E-state index contributed by atoms with van der Waals surface area (Å²) in [5.74, 6) is 0. The van der Waals surface area contributed by atoms with E-state index in [0.717, 1.165) is 26.1 Å². The van der Waals surface area contributed by atoms with Crippen molar-refractivity contribution in [1.29, 1.82) is 0 Å². The van der Waals surface area contributed by atoms with E-state index in [0.29, 0.717) is 6.04 Å². The molecule has 0 aromatic heterocycles. The maximum absolute atomic E-state index is 9.42. The Hall–Kier alpha value is -0.120. The Morgan fingerprint density at radius 3 is 2.92 bits per heavy atom. The molecule has 1 aliphatic heterocycles. The van der Waals surface area contributed by atoms with Crippen LogP contribution in [-0.4, -0.2) is 48.8 Å². The van der Waals surface area contributed by atoms with Crippen LogP contribution in [0.2, 0.25) is 0 Å². The largest absolute Gasteiger partial charge is 0.392 e. The molecule has 12 heavy (non-hydrogen) atoms. The lowest BCUT2D eigenvalue weighted by atomic mass is 10.2. The number of β-amino-alcohol motifs (C(OH)–C–C–N with tert-alkyl or cyclic N) is 1. The van der Waals surface area contributed by atoms with E-state index < -0.39 is 0 Å². The van der Waals surface area contributed by atoms with Crippen molar-refractivity contribution >= 4 is 0 Å². The number of nitrogens with one attached hydrogen (secondary N) is 1. The molecule has 1 fully saturated rings. The van der Waals surface area contributed by atoms with Gasteiger partial charge in [0.2, 0.25) is 0 Å². The number of likely N-dealkylation sites (tertiary alicyclic amines) is 1. The van der Waals surface area contributed by atoms with Crippen LogP contribution in [0.5, 0.6) is 0 Å². The van der Waals surface area contributed by atoms with Gasteiger partial charge in [-0.3, -0.25) is 4.90 Å². The molecule has 0 amide bonds. The van der Waals surface area contributed by atoms with Crippen molar-refractivity contribution in [2.24, 2.45) is 0 Å². The molecule has 3 heteroatoms. The maximum atomic E-state index is 9.42. The van der Waals surface area contributed by atoms with Gasteiger partial charge in [-0.1, -0.05) is 6.92 Å². The Morgan fingerprint density at radius 2 is 2.42 bits per heavy atom. The van der Waals surface area contributed by atoms with E-state index in [9.17, 15) is 5.11 Å². The second kappa shape index (κ2) is 4.80. The van der Waals surface area contributed by atoms with Crippen molar-refractivity contribution < 1.29 is 5.11 Å². The van der Waals surface area contributed by atoms with Crippen LogP contribution in [0.15, 0.2) is 0 Å². The Bertz CT molecular complexity index is 130. The first-order chi connectivity index (χ1) is 5.76. The zero-order valence-corrected chi connectivity index (χ0v) is 8.08. The standard InChI is InChI=1S/C9H20N2O/c1-3-9(12)7-11-5-4-8(6-11)10-2/h8-10,12H,3-7H2,1-2H3. The average molecular weight is 172 g/mol. The average Bonchev–Trinajstić information content (AvgIpc) is 2.52. The van der Waals surface area contributed by atoms with Crippen LogP contribution in [0.3, 0.4) is 0 Å². The molecule has 2 unspecified atom stereocenters. The molecule has 2 atom stereocenters. The minimum absolute atomic E-state index is 0.138. The monoisotopic (exact) mass is 172 g/mol. The summed E-state index contributed by atoms with van der Waals surface area (Å²) < 4.78 is 0. The maximum Gasteiger partial charge on any atom is 0.0664 e. The van der Waals surface area contributed by atoms with E-state index in [1.165, 1.54) is 6.42 Å². The molecule has 0 bridgehead atoms. The lowest BCUT2D eigenvalue weighted by molar-refractivity contribution is 0.120. The minimum atomic E-state index is -0.138. The van der Waals surface area contributed by atoms with Gasteiger partial charge >= 0.3 is 0 Å².